The van der Waals surface area contributed by atoms with Crippen molar-refractivity contribution >= 4 is 23.2 Å². The van der Waals surface area contributed by atoms with E-state index in [1.165, 1.54) is 23.3 Å². The Morgan fingerprint density at radius 3 is 2.89 bits per heavy atom. The van der Waals surface area contributed by atoms with Gasteiger partial charge < -0.3 is 20.5 Å². The number of nitrogens with two attached hydrogens (primary N) is 1. The van der Waals surface area contributed by atoms with Gasteiger partial charge in [0.25, 0.3) is 5.91 Å². The minimum atomic E-state index is -1.07. The average molecular weight is 287 g/mol. The Hall–Kier alpha value is -1.51. The van der Waals surface area contributed by atoms with Crippen LogP contribution in [-0.2, 0) is 16.0 Å². The number of nitrogens with zero attached hydrogens (tertiary/aromatic N) is 2. The van der Waals surface area contributed by atoms with Gasteiger partial charge in [0.2, 0.25) is 0 Å². The van der Waals surface area contributed by atoms with Gasteiger partial charge in [-0.3, -0.25) is 9.59 Å². The van der Waals surface area contributed by atoms with E-state index in [4.69, 9.17) is 15.6 Å². The van der Waals surface area contributed by atoms with Crippen LogP contribution in [0.4, 0.5) is 0 Å². The molecule has 0 atom stereocenters. The van der Waals surface area contributed by atoms with Crippen molar-refractivity contribution in [2.45, 2.75) is 6.42 Å². The second-order valence-electron chi connectivity index (χ2n) is 3.78. The van der Waals surface area contributed by atoms with Crippen molar-refractivity contribution in [3.8, 4) is 0 Å². The minimum absolute atomic E-state index is 0.214. The van der Waals surface area contributed by atoms with Crippen molar-refractivity contribution in [2.75, 3.05) is 33.4 Å². The Balaban J connectivity index is 2.75. The molecular weight excluding hydrogens is 270 g/mol. The molecule has 0 aliphatic rings. The molecule has 0 radical (unpaired) electrons. The molecule has 7 nitrogen and oxygen atoms in total. The molecule has 106 valence electrons. The van der Waals surface area contributed by atoms with Crippen molar-refractivity contribution < 1.29 is 19.4 Å². The fraction of sp³-hybridized carbons (Fsp3) is 0.545. The summed E-state index contributed by atoms with van der Waals surface area (Å²) in [6.45, 7) is 0.583. The lowest BCUT2D eigenvalue weighted by Crippen LogP contribution is -2.38. The normalized spacial score (nSPS) is 10.4. The third kappa shape index (κ3) is 4.93. The van der Waals surface area contributed by atoms with Gasteiger partial charge in [0, 0.05) is 25.5 Å². The van der Waals surface area contributed by atoms with E-state index in [1.807, 2.05) is 0 Å². The van der Waals surface area contributed by atoms with Crippen LogP contribution in [-0.4, -0.2) is 60.2 Å². The topological polar surface area (TPSA) is 106 Å². The second-order valence-corrected chi connectivity index (χ2v) is 4.72. The van der Waals surface area contributed by atoms with Gasteiger partial charge in [0.15, 0.2) is 0 Å². The lowest BCUT2D eigenvalue weighted by Gasteiger charge is -2.18. The van der Waals surface area contributed by atoms with Crippen LogP contribution in [0, 0.1) is 0 Å². The fourth-order valence-corrected chi connectivity index (χ4v) is 2.21. The SMILES string of the molecule is COCCN(CC(=O)O)C(=O)c1csc(CCN)n1. The van der Waals surface area contributed by atoms with Crippen molar-refractivity contribution in [1.82, 2.24) is 9.88 Å². The van der Waals surface area contributed by atoms with Crippen LogP contribution in [0.15, 0.2) is 5.38 Å². The molecule has 8 heteroatoms. The molecule has 1 rings (SSSR count). The summed E-state index contributed by atoms with van der Waals surface area (Å²) in [5.74, 6) is -1.47. The summed E-state index contributed by atoms with van der Waals surface area (Å²) >= 11 is 1.35. The summed E-state index contributed by atoms with van der Waals surface area (Å²) in [4.78, 5) is 28.2. The molecule has 1 aromatic rings. The van der Waals surface area contributed by atoms with Crippen LogP contribution in [0.1, 0.15) is 15.5 Å². The molecule has 0 aromatic carbocycles. The summed E-state index contributed by atoms with van der Waals surface area (Å²) in [7, 11) is 1.49. The van der Waals surface area contributed by atoms with E-state index >= 15 is 0 Å². The molecule has 1 heterocycles. The average Bonchev–Trinajstić information content (AvgIpc) is 2.82. The number of methoxy groups -OCH3 is 1. The van der Waals surface area contributed by atoms with E-state index in [0.717, 1.165) is 5.01 Å². The molecule has 0 aliphatic carbocycles. The highest BCUT2D eigenvalue weighted by atomic mass is 32.1. The molecule has 0 spiro atoms. The first-order valence-corrected chi connectivity index (χ1v) is 6.61. The van der Waals surface area contributed by atoms with E-state index in [2.05, 4.69) is 4.98 Å². The van der Waals surface area contributed by atoms with E-state index in [0.29, 0.717) is 13.0 Å². The number of hydrogen-bond acceptors (Lipinski definition) is 6. The number of aromatic nitrogens is 1. The molecule has 0 aliphatic heterocycles. The molecule has 0 unspecified atom stereocenters. The van der Waals surface area contributed by atoms with Gasteiger partial charge in [-0.25, -0.2) is 4.98 Å². The van der Waals surface area contributed by atoms with Crippen molar-refractivity contribution in [1.29, 1.82) is 0 Å². The minimum Gasteiger partial charge on any atom is -0.480 e. The number of thiazole rings is 1. The Morgan fingerprint density at radius 2 is 2.32 bits per heavy atom. The number of aliphatic carboxylic acids is 1. The Bertz CT molecular complexity index is 435. The Labute approximate surface area is 115 Å². The van der Waals surface area contributed by atoms with Crippen molar-refractivity contribution in [3.05, 3.63) is 16.1 Å². The lowest BCUT2D eigenvalue weighted by molar-refractivity contribution is -0.137. The monoisotopic (exact) mass is 287 g/mol. The second kappa shape index (κ2) is 7.82. The summed E-state index contributed by atoms with van der Waals surface area (Å²) in [5.41, 5.74) is 5.67. The predicted molar refractivity (Wildman–Crippen MR) is 70.3 cm³/mol. The summed E-state index contributed by atoms with van der Waals surface area (Å²) < 4.78 is 4.86. The highest BCUT2D eigenvalue weighted by molar-refractivity contribution is 7.09. The molecule has 0 fully saturated rings. The lowest BCUT2D eigenvalue weighted by atomic mass is 10.3. The fourth-order valence-electron chi connectivity index (χ4n) is 1.43. The molecular formula is C11H17N3O4S. The quantitative estimate of drug-likeness (QED) is 0.687. The maximum Gasteiger partial charge on any atom is 0.323 e. The largest absolute Gasteiger partial charge is 0.480 e. The molecule has 0 saturated heterocycles. The van der Waals surface area contributed by atoms with Crippen molar-refractivity contribution in [3.63, 3.8) is 0 Å². The number of amides is 1. The van der Waals surface area contributed by atoms with E-state index in [-0.39, 0.29) is 25.4 Å². The van der Waals surface area contributed by atoms with Crippen LogP contribution in [0.2, 0.25) is 0 Å². The first-order chi connectivity index (χ1) is 9.08. The van der Waals surface area contributed by atoms with E-state index in [1.54, 1.807) is 5.38 Å². The van der Waals surface area contributed by atoms with Crippen LogP contribution in [0.5, 0.6) is 0 Å². The van der Waals surface area contributed by atoms with Gasteiger partial charge in [-0.15, -0.1) is 11.3 Å². The zero-order chi connectivity index (χ0) is 14.3. The predicted octanol–water partition coefficient (Wildman–Crippen LogP) is -0.182. The number of rotatable bonds is 8. The van der Waals surface area contributed by atoms with Crippen molar-refractivity contribution in [2.24, 2.45) is 5.73 Å². The third-order valence-electron chi connectivity index (χ3n) is 2.31. The zero-order valence-electron chi connectivity index (χ0n) is 10.7. The maximum atomic E-state index is 12.1. The van der Waals surface area contributed by atoms with Gasteiger partial charge in [0.1, 0.15) is 12.2 Å². The van der Waals surface area contributed by atoms with Crippen LogP contribution >= 0.6 is 11.3 Å². The number of carboxylic acids is 1. The standard InChI is InChI=1S/C11H17N3O4S/c1-18-5-4-14(6-10(15)16)11(17)8-7-19-9(13-8)2-3-12/h7H,2-6,12H2,1H3,(H,15,16). The first-order valence-electron chi connectivity index (χ1n) is 5.73. The van der Waals surface area contributed by atoms with Crippen LogP contribution in [0.25, 0.3) is 0 Å². The third-order valence-corrected chi connectivity index (χ3v) is 3.22. The zero-order valence-corrected chi connectivity index (χ0v) is 11.5. The number of carboxylic acid groups (broad SMARTS) is 1. The molecule has 1 amide bonds. The smallest absolute Gasteiger partial charge is 0.323 e. The maximum absolute atomic E-state index is 12.1. The van der Waals surface area contributed by atoms with E-state index in [9.17, 15) is 9.59 Å². The van der Waals surface area contributed by atoms with Gasteiger partial charge in [-0.05, 0) is 6.54 Å². The molecule has 1 aromatic heterocycles. The van der Waals surface area contributed by atoms with Crippen LogP contribution in [0.3, 0.4) is 0 Å². The highest BCUT2D eigenvalue weighted by Crippen LogP contribution is 2.12. The van der Waals surface area contributed by atoms with Gasteiger partial charge in [-0.1, -0.05) is 0 Å². The summed E-state index contributed by atoms with van der Waals surface area (Å²) in [6, 6.07) is 0. The van der Waals surface area contributed by atoms with Gasteiger partial charge >= 0.3 is 5.97 Å². The number of ether oxygens (including phenoxy) is 1. The number of carbonyl (C=O) groups excluding carboxylic acids is 1. The first kappa shape index (κ1) is 15.5. The summed E-state index contributed by atoms with van der Waals surface area (Å²) in [6.07, 6.45) is 0.606. The summed E-state index contributed by atoms with van der Waals surface area (Å²) in [5, 5.41) is 11.2. The van der Waals surface area contributed by atoms with Gasteiger partial charge in [0.05, 0.1) is 11.6 Å². The molecule has 0 bridgehead atoms. The number of hydrogen-bond donors (Lipinski definition) is 2. The Kier molecular flexibility index (Phi) is 6.40. The van der Waals surface area contributed by atoms with E-state index < -0.39 is 11.9 Å². The number of carbonyl (C=O) groups is 2. The van der Waals surface area contributed by atoms with Gasteiger partial charge in [-0.2, -0.15) is 0 Å². The molecule has 19 heavy (non-hydrogen) atoms. The molecule has 0 saturated carbocycles. The Morgan fingerprint density at radius 1 is 1.58 bits per heavy atom. The molecule has 3 N–H and O–H groups in total. The highest BCUT2D eigenvalue weighted by Gasteiger charge is 2.20. The van der Waals surface area contributed by atoms with Crippen LogP contribution < -0.4 is 5.73 Å².